The van der Waals surface area contributed by atoms with Crippen molar-refractivity contribution < 1.29 is 17.6 Å². The highest BCUT2D eigenvalue weighted by Crippen LogP contribution is 2.28. The van der Waals surface area contributed by atoms with E-state index in [1.807, 2.05) is 31.2 Å². The highest BCUT2D eigenvalue weighted by molar-refractivity contribution is 5.70. The minimum absolute atomic E-state index is 0.00781. The second kappa shape index (κ2) is 7.20. The molecule has 4 nitrogen and oxygen atoms in total. The number of rotatable bonds is 4. The first-order valence-electron chi connectivity index (χ1n) is 8.79. The van der Waals surface area contributed by atoms with E-state index in [-0.39, 0.29) is 18.1 Å². The van der Waals surface area contributed by atoms with E-state index < -0.39 is 28.8 Å². The van der Waals surface area contributed by atoms with Crippen LogP contribution in [0, 0.1) is 30.2 Å². The van der Waals surface area contributed by atoms with Gasteiger partial charge < -0.3 is 9.88 Å². The van der Waals surface area contributed by atoms with E-state index in [0.29, 0.717) is 5.69 Å². The maximum atomic E-state index is 13.8. The third kappa shape index (κ3) is 3.65. The van der Waals surface area contributed by atoms with Gasteiger partial charge in [-0.15, -0.1) is 0 Å². The summed E-state index contributed by atoms with van der Waals surface area (Å²) in [4.78, 5) is 15.4. The van der Waals surface area contributed by atoms with Crippen LogP contribution in [0.1, 0.15) is 22.3 Å². The Balaban J connectivity index is 1.74. The number of allylic oxidation sites excluding steroid dienone is 1. The Hall–Kier alpha value is -3.42. The summed E-state index contributed by atoms with van der Waals surface area (Å²) in [5, 5.41) is 2.99. The lowest BCUT2D eigenvalue weighted by atomic mass is 10.0. The largest absolute Gasteiger partial charge is 0.325 e. The van der Waals surface area contributed by atoms with Crippen LogP contribution in [-0.4, -0.2) is 9.55 Å². The highest BCUT2D eigenvalue weighted by atomic mass is 19.2. The number of aromatic nitrogens is 2. The van der Waals surface area contributed by atoms with Crippen molar-refractivity contribution >= 4 is 17.7 Å². The van der Waals surface area contributed by atoms with E-state index in [2.05, 4.69) is 10.3 Å². The van der Waals surface area contributed by atoms with Gasteiger partial charge in [0, 0.05) is 11.9 Å². The molecule has 0 spiro atoms. The first kappa shape index (κ1) is 18.9. The van der Waals surface area contributed by atoms with Gasteiger partial charge in [-0.3, -0.25) is 4.79 Å². The lowest BCUT2D eigenvalue weighted by Gasteiger charge is -2.16. The molecule has 0 fully saturated rings. The van der Waals surface area contributed by atoms with Crippen molar-refractivity contribution in [2.24, 2.45) is 0 Å². The van der Waals surface area contributed by atoms with Gasteiger partial charge in [0.25, 0.3) is 0 Å². The van der Waals surface area contributed by atoms with E-state index in [1.54, 1.807) is 0 Å². The SMILES string of the molecule is Cc1cc2c(cc1Nc1nc(=O)c(F)cn1Cc1cc(F)c(F)c(F)c1)C=CC2. The van der Waals surface area contributed by atoms with Gasteiger partial charge in [-0.05, 0) is 53.8 Å². The summed E-state index contributed by atoms with van der Waals surface area (Å²) in [7, 11) is 0. The number of nitrogens with one attached hydrogen (secondary N) is 1. The number of hydrogen-bond donors (Lipinski definition) is 1. The molecule has 1 aromatic heterocycles. The van der Waals surface area contributed by atoms with Gasteiger partial charge in [-0.1, -0.05) is 18.2 Å². The molecule has 0 saturated carbocycles. The summed E-state index contributed by atoms with van der Waals surface area (Å²) in [6, 6.07) is 5.49. The zero-order chi connectivity index (χ0) is 20.7. The summed E-state index contributed by atoms with van der Waals surface area (Å²) in [6.07, 6.45) is 5.71. The number of nitrogens with zero attached hydrogens (tertiary/aromatic N) is 2. The number of anilines is 2. The van der Waals surface area contributed by atoms with Crippen molar-refractivity contribution in [3.05, 3.63) is 92.4 Å². The lowest BCUT2D eigenvalue weighted by molar-refractivity contribution is 0.444. The fourth-order valence-corrected chi connectivity index (χ4v) is 3.27. The third-order valence-corrected chi connectivity index (χ3v) is 4.72. The molecule has 148 valence electrons. The summed E-state index contributed by atoms with van der Waals surface area (Å²) in [6.45, 7) is 1.64. The predicted molar refractivity (Wildman–Crippen MR) is 101 cm³/mol. The first-order valence-corrected chi connectivity index (χ1v) is 8.79. The van der Waals surface area contributed by atoms with E-state index in [4.69, 9.17) is 0 Å². The molecule has 2 aromatic carbocycles. The Morgan fingerprint density at radius 3 is 2.52 bits per heavy atom. The Morgan fingerprint density at radius 2 is 1.79 bits per heavy atom. The average molecular weight is 401 g/mol. The van der Waals surface area contributed by atoms with Gasteiger partial charge in [0.15, 0.2) is 17.5 Å². The monoisotopic (exact) mass is 401 g/mol. The number of fused-ring (bicyclic) bond motifs is 1. The number of halogens is 4. The zero-order valence-electron chi connectivity index (χ0n) is 15.3. The van der Waals surface area contributed by atoms with Gasteiger partial charge in [0.1, 0.15) is 0 Å². The van der Waals surface area contributed by atoms with Crippen molar-refractivity contribution in [3.63, 3.8) is 0 Å². The van der Waals surface area contributed by atoms with Crippen LogP contribution < -0.4 is 10.9 Å². The van der Waals surface area contributed by atoms with Crippen LogP contribution >= 0.6 is 0 Å². The molecule has 0 atom stereocenters. The molecule has 4 rings (SSSR count). The van der Waals surface area contributed by atoms with Crippen LogP contribution in [0.25, 0.3) is 6.08 Å². The Labute approximate surface area is 163 Å². The molecule has 1 aliphatic carbocycles. The van der Waals surface area contributed by atoms with Crippen molar-refractivity contribution in [2.75, 3.05) is 5.32 Å². The van der Waals surface area contributed by atoms with Gasteiger partial charge in [0.05, 0.1) is 6.54 Å². The van der Waals surface area contributed by atoms with E-state index in [1.165, 1.54) is 4.57 Å². The predicted octanol–water partition coefficient (Wildman–Crippen LogP) is 4.47. The van der Waals surface area contributed by atoms with E-state index in [9.17, 15) is 22.4 Å². The van der Waals surface area contributed by atoms with Crippen molar-refractivity contribution in [3.8, 4) is 0 Å². The van der Waals surface area contributed by atoms with Crippen LogP contribution in [0.3, 0.4) is 0 Å². The molecule has 0 radical (unpaired) electrons. The maximum absolute atomic E-state index is 13.8. The Bertz CT molecular complexity index is 1190. The van der Waals surface area contributed by atoms with Crippen molar-refractivity contribution in [1.82, 2.24) is 9.55 Å². The quantitative estimate of drug-likeness (QED) is 0.518. The topological polar surface area (TPSA) is 46.9 Å². The minimum atomic E-state index is -1.59. The lowest BCUT2D eigenvalue weighted by Crippen LogP contribution is -2.20. The van der Waals surface area contributed by atoms with Gasteiger partial charge >= 0.3 is 5.56 Å². The minimum Gasteiger partial charge on any atom is -0.325 e. The number of hydrogen-bond acceptors (Lipinski definition) is 3. The number of benzene rings is 2. The Morgan fingerprint density at radius 1 is 1.07 bits per heavy atom. The van der Waals surface area contributed by atoms with Crippen LogP contribution in [0.15, 0.2) is 41.3 Å². The second-order valence-corrected chi connectivity index (χ2v) is 6.82. The molecular weight excluding hydrogens is 386 g/mol. The van der Waals surface area contributed by atoms with Gasteiger partial charge in [-0.2, -0.15) is 9.37 Å². The molecule has 3 aromatic rings. The summed E-state index contributed by atoms with van der Waals surface area (Å²) >= 11 is 0. The number of aryl methyl sites for hydroxylation is 1. The molecule has 0 aliphatic heterocycles. The summed E-state index contributed by atoms with van der Waals surface area (Å²) < 4.78 is 55.3. The highest BCUT2D eigenvalue weighted by Gasteiger charge is 2.15. The molecular formula is C21H15F4N3O. The molecule has 29 heavy (non-hydrogen) atoms. The molecule has 1 aliphatic rings. The van der Waals surface area contributed by atoms with E-state index >= 15 is 0 Å². The van der Waals surface area contributed by atoms with Crippen molar-refractivity contribution in [1.29, 1.82) is 0 Å². The Kier molecular flexibility index (Phi) is 4.70. The molecule has 0 unspecified atom stereocenters. The van der Waals surface area contributed by atoms with Gasteiger partial charge in [0.2, 0.25) is 11.8 Å². The van der Waals surface area contributed by atoms with Crippen LogP contribution in [0.5, 0.6) is 0 Å². The molecule has 0 bridgehead atoms. The molecule has 1 heterocycles. The molecule has 0 saturated heterocycles. The second-order valence-electron chi connectivity index (χ2n) is 6.82. The van der Waals surface area contributed by atoms with Crippen LogP contribution in [0.2, 0.25) is 0 Å². The molecule has 0 amide bonds. The van der Waals surface area contributed by atoms with Gasteiger partial charge in [-0.25, -0.2) is 13.2 Å². The summed E-state index contributed by atoms with van der Waals surface area (Å²) in [5.41, 5.74) is 2.68. The fourth-order valence-electron chi connectivity index (χ4n) is 3.27. The fraction of sp³-hybridized carbons (Fsp3) is 0.143. The maximum Gasteiger partial charge on any atom is 0.310 e. The van der Waals surface area contributed by atoms with Crippen LogP contribution in [0.4, 0.5) is 29.2 Å². The smallest absolute Gasteiger partial charge is 0.310 e. The molecule has 8 heteroatoms. The van der Waals surface area contributed by atoms with Crippen LogP contribution in [-0.2, 0) is 13.0 Å². The van der Waals surface area contributed by atoms with Crippen molar-refractivity contribution in [2.45, 2.75) is 19.9 Å². The normalized spacial score (nSPS) is 12.3. The average Bonchev–Trinajstić information content (AvgIpc) is 3.11. The standard InChI is InChI=1S/C21H15F4N3O/c1-11-5-13-3-2-4-14(13)8-18(11)26-21-27-20(29)17(24)10-28(21)9-12-6-15(22)19(25)16(23)7-12/h2,4-8,10H,3,9H2,1H3,(H,26,27,29). The first-order chi connectivity index (χ1) is 13.8. The molecule has 1 N–H and O–H groups in total. The summed E-state index contributed by atoms with van der Waals surface area (Å²) in [5.74, 6) is -5.42. The van der Waals surface area contributed by atoms with E-state index in [0.717, 1.165) is 41.4 Å². The third-order valence-electron chi connectivity index (χ3n) is 4.72. The zero-order valence-corrected chi connectivity index (χ0v) is 15.3.